The van der Waals surface area contributed by atoms with Crippen molar-refractivity contribution in [2.75, 3.05) is 26.2 Å². The van der Waals surface area contributed by atoms with Crippen molar-refractivity contribution in [3.05, 3.63) is 30.3 Å². The minimum atomic E-state index is -0.890. The number of hydrogen-bond acceptors (Lipinski definition) is 4. The van der Waals surface area contributed by atoms with Gasteiger partial charge in [-0.3, -0.25) is 14.5 Å². The third-order valence-corrected chi connectivity index (χ3v) is 5.12. The molecule has 1 aromatic rings. The van der Waals surface area contributed by atoms with E-state index in [1.165, 1.54) is 4.90 Å². The lowest BCUT2D eigenvalue weighted by molar-refractivity contribution is -0.144. The van der Waals surface area contributed by atoms with Crippen LogP contribution in [0.2, 0.25) is 0 Å². The number of likely N-dealkylation sites (tertiary alicyclic amines) is 1. The molecule has 0 bridgehead atoms. The van der Waals surface area contributed by atoms with Crippen LogP contribution >= 0.6 is 0 Å². The van der Waals surface area contributed by atoms with E-state index in [-0.39, 0.29) is 31.0 Å². The molecule has 2 fully saturated rings. The zero-order valence-corrected chi connectivity index (χ0v) is 16.2. The first-order chi connectivity index (χ1) is 12.7. The van der Waals surface area contributed by atoms with Crippen molar-refractivity contribution in [3.63, 3.8) is 0 Å². The van der Waals surface area contributed by atoms with E-state index in [0.717, 1.165) is 0 Å². The molecule has 0 unspecified atom stereocenters. The van der Waals surface area contributed by atoms with Gasteiger partial charge in [-0.15, -0.1) is 0 Å². The second-order valence-electron chi connectivity index (χ2n) is 8.17. The van der Waals surface area contributed by atoms with Gasteiger partial charge in [0.15, 0.2) is 0 Å². The Morgan fingerprint density at radius 1 is 1.15 bits per heavy atom. The van der Waals surface area contributed by atoms with E-state index in [1.54, 1.807) is 4.90 Å². The normalized spacial score (nSPS) is 19.4. The van der Waals surface area contributed by atoms with Gasteiger partial charge in [-0.2, -0.15) is 0 Å². The molecule has 2 aliphatic heterocycles. The maximum absolute atomic E-state index is 12.9. The summed E-state index contributed by atoms with van der Waals surface area (Å²) in [6, 6.07) is 8.90. The van der Waals surface area contributed by atoms with E-state index in [2.05, 4.69) is 5.32 Å². The van der Waals surface area contributed by atoms with Crippen LogP contribution in [0, 0.1) is 5.41 Å². The molecule has 1 aromatic carbocycles. The van der Waals surface area contributed by atoms with Gasteiger partial charge in [0.2, 0.25) is 5.91 Å². The standard InChI is InChI=1S/C20H27N3O4/c1-19(2,3)16(24)22-11-9-20(10-12-22)17(25)23(18(26)21-20)13-14-27-15-7-5-4-6-8-15/h4-8H,9-14H2,1-3H3,(H,21,26). The summed E-state index contributed by atoms with van der Waals surface area (Å²) in [5.74, 6) is 0.558. The summed E-state index contributed by atoms with van der Waals surface area (Å²) in [5, 5.41) is 2.86. The number of benzene rings is 1. The predicted molar refractivity (Wildman–Crippen MR) is 100 cm³/mol. The second kappa shape index (κ2) is 7.21. The Labute approximate surface area is 159 Å². The number of imide groups is 1. The average Bonchev–Trinajstić information content (AvgIpc) is 2.86. The van der Waals surface area contributed by atoms with E-state index in [4.69, 9.17) is 4.74 Å². The number of ether oxygens (including phenoxy) is 1. The fourth-order valence-corrected chi connectivity index (χ4v) is 3.56. The van der Waals surface area contributed by atoms with Crippen molar-refractivity contribution >= 4 is 17.8 Å². The van der Waals surface area contributed by atoms with Gasteiger partial charge in [0.1, 0.15) is 17.9 Å². The Kier molecular flexibility index (Phi) is 5.13. The van der Waals surface area contributed by atoms with Crippen LogP contribution in [0.5, 0.6) is 5.75 Å². The number of nitrogens with one attached hydrogen (secondary N) is 1. The van der Waals surface area contributed by atoms with Gasteiger partial charge < -0.3 is 15.0 Å². The van der Waals surface area contributed by atoms with E-state index in [9.17, 15) is 14.4 Å². The van der Waals surface area contributed by atoms with Gasteiger partial charge in [0, 0.05) is 18.5 Å². The molecule has 3 rings (SSSR count). The van der Waals surface area contributed by atoms with Crippen molar-refractivity contribution in [1.29, 1.82) is 0 Å². The number of amides is 4. The molecule has 27 heavy (non-hydrogen) atoms. The topological polar surface area (TPSA) is 79.0 Å². The summed E-state index contributed by atoms with van der Waals surface area (Å²) in [6.07, 6.45) is 0.880. The molecule has 0 saturated carbocycles. The summed E-state index contributed by atoms with van der Waals surface area (Å²) in [6.45, 7) is 7.04. The van der Waals surface area contributed by atoms with Crippen molar-refractivity contribution in [2.45, 2.75) is 39.2 Å². The molecule has 0 aliphatic carbocycles. The maximum atomic E-state index is 12.9. The van der Waals surface area contributed by atoms with Crippen molar-refractivity contribution in [2.24, 2.45) is 5.41 Å². The molecular formula is C20H27N3O4. The van der Waals surface area contributed by atoms with Crippen LogP contribution in [0.25, 0.3) is 0 Å². The minimum absolute atomic E-state index is 0.0715. The van der Waals surface area contributed by atoms with Crippen molar-refractivity contribution < 1.29 is 19.1 Å². The van der Waals surface area contributed by atoms with Crippen LogP contribution in [0.4, 0.5) is 4.79 Å². The summed E-state index contributed by atoms with van der Waals surface area (Å²) >= 11 is 0. The second-order valence-corrected chi connectivity index (χ2v) is 8.17. The monoisotopic (exact) mass is 373 g/mol. The lowest BCUT2D eigenvalue weighted by Gasteiger charge is -2.39. The third kappa shape index (κ3) is 3.91. The van der Waals surface area contributed by atoms with Crippen LogP contribution in [0.15, 0.2) is 30.3 Å². The molecule has 1 N–H and O–H groups in total. The molecule has 4 amide bonds. The Bertz CT molecular complexity index is 718. The lowest BCUT2D eigenvalue weighted by Crippen LogP contribution is -2.57. The first kappa shape index (κ1) is 19.2. The quantitative estimate of drug-likeness (QED) is 0.819. The number of hydrogen-bond donors (Lipinski definition) is 1. The maximum Gasteiger partial charge on any atom is 0.325 e. The lowest BCUT2D eigenvalue weighted by atomic mass is 9.85. The third-order valence-electron chi connectivity index (χ3n) is 5.12. The van der Waals surface area contributed by atoms with Crippen LogP contribution in [-0.4, -0.2) is 59.4 Å². The molecule has 146 valence electrons. The Morgan fingerprint density at radius 3 is 2.37 bits per heavy atom. The van der Waals surface area contributed by atoms with Gasteiger partial charge in [-0.05, 0) is 25.0 Å². The molecule has 0 radical (unpaired) electrons. The summed E-state index contributed by atoms with van der Waals surface area (Å²) in [5.41, 5.74) is -1.34. The number of carbonyl (C=O) groups is 3. The highest BCUT2D eigenvalue weighted by atomic mass is 16.5. The zero-order chi connectivity index (χ0) is 19.7. The molecule has 7 heteroatoms. The molecule has 2 heterocycles. The molecule has 2 saturated heterocycles. The fourth-order valence-electron chi connectivity index (χ4n) is 3.56. The Hall–Kier alpha value is -2.57. The van der Waals surface area contributed by atoms with E-state index in [0.29, 0.717) is 31.7 Å². The Balaban J connectivity index is 1.57. The Morgan fingerprint density at radius 2 is 1.78 bits per heavy atom. The minimum Gasteiger partial charge on any atom is -0.492 e. The highest BCUT2D eigenvalue weighted by Gasteiger charge is 2.52. The highest BCUT2D eigenvalue weighted by Crippen LogP contribution is 2.31. The fraction of sp³-hybridized carbons (Fsp3) is 0.550. The van der Waals surface area contributed by atoms with E-state index < -0.39 is 11.0 Å². The molecular weight excluding hydrogens is 346 g/mol. The van der Waals surface area contributed by atoms with Gasteiger partial charge in [0.05, 0.1) is 6.54 Å². The zero-order valence-electron chi connectivity index (χ0n) is 16.2. The van der Waals surface area contributed by atoms with E-state index in [1.807, 2.05) is 51.1 Å². The number of piperidine rings is 1. The smallest absolute Gasteiger partial charge is 0.325 e. The molecule has 1 spiro atoms. The summed E-state index contributed by atoms with van der Waals surface area (Å²) < 4.78 is 5.60. The highest BCUT2D eigenvalue weighted by molar-refractivity contribution is 6.07. The summed E-state index contributed by atoms with van der Waals surface area (Å²) in [4.78, 5) is 40.7. The summed E-state index contributed by atoms with van der Waals surface area (Å²) in [7, 11) is 0. The largest absolute Gasteiger partial charge is 0.492 e. The first-order valence-corrected chi connectivity index (χ1v) is 9.34. The van der Waals surface area contributed by atoms with Crippen molar-refractivity contribution in [1.82, 2.24) is 15.1 Å². The molecule has 0 aromatic heterocycles. The predicted octanol–water partition coefficient (Wildman–Crippen LogP) is 2.02. The van der Waals surface area contributed by atoms with Crippen LogP contribution in [-0.2, 0) is 9.59 Å². The van der Waals surface area contributed by atoms with Gasteiger partial charge in [0.25, 0.3) is 5.91 Å². The van der Waals surface area contributed by atoms with E-state index >= 15 is 0 Å². The van der Waals surface area contributed by atoms with Crippen LogP contribution in [0.1, 0.15) is 33.6 Å². The molecule has 2 aliphatic rings. The number of nitrogens with zero attached hydrogens (tertiary/aromatic N) is 2. The number of urea groups is 1. The first-order valence-electron chi connectivity index (χ1n) is 9.34. The van der Waals surface area contributed by atoms with Crippen LogP contribution in [0.3, 0.4) is 0 Å². The van der Waals surface area contributed by atoms with Gasteiger partial charge >= 0.3 is 6.03 Å². The van der Waals surface area contributed by atoms with Gasteiger partial charge in [-0.25, -0.2) is 4.79 Å². The number of carbonyl (C=O) groups excluding carboxylic acids is 3. The SMILES string of the molecule is CC(C)(C)C(=O)N1CCC2(CC1)NC(=O)N(CCOc1ccccc1)C2=O. The van der Waals surface area contributed by atoms with Crippen LogP contribution < -0.4 is 10.1 Å². The molecule has 0 atom stereocenters. The van der Waals surface area contributed by atoms with Gasteiger partial charge in [-0.1, -0.05) is 39.0 Å². The number of rotatable bonds is 4. The number of para-hydroxylation sites is 1. The average molecular weight is 373 g/mol. The molecule has 7 nitrogen and oxygen atoms in total. The van der Waals surface area contributed by atoms with Crippen molar-refractivity contribution in [3.8, 4) is 5.75 Å².